The van der Waals surface area contributed by atoms with E-state index in [0.717, 1.165) is 0 Å². The fourth-order valence-corrected chi connectivity index (χ4v) is 1.69. The van der Waals surface area contributed by atoms with Crippen LogP contribution in [0.5, 0.6) is 5.75 Å². The molecular formula is C17H11NO2. The topological polar surface area (TPSA) is 50.1 Å². The van der Waals surface area contributed by atoms with E-state index in [2.05, 4.69) is 5.92 Å². The summed E-state index contributed by atoms with van der Waals surface area (Å²) in [5.74, 6) is 2.90. The van der Waals surface area contributed by atoms with E-state index >= 15 is 0 Å². The largest absolute Gasteiger partial charge is 0.481 e. The van der Waals surface area contributed by atoms with Crippen LogP contribution in [0.2, 0.25) is 0 Å². The molecule has 0 saturated heterocycles. The Morgan fingerprint density at radius 3 is 2.10 bits per heavy atom. The molecule has 2 aromatic rings. The summed E-state index contributed by atoms with van der Waals surface area (Å²) in [5, 5.41) is 8.72. The number of nitriles is 1. The van der Waals surface area contributed by atoms with Crippen molar-refractivity contribution in [3.63, 3.8) is 0 Å². The van der Waals surface area contributed by atoms with Gasteiger partial charge in [0.15, 0.2) is 5.78 Å². The zero-order valence-electron chi connectivity index (χ0n) is 10.7. The summed E-state index contributed by atoms with van der Waals surface area (Å²) in [6.07, 6.45) is 5.10. The summed E-state index contributed by atoms with van der Waals surface area (Å²) < 4.78 is 5.24. The summed E-state index contributed by atoms with van der Waals surface area (Å²) in [6, 6.07) is 15.3. The fourth-order valence-electron chi connectivity index (χ4n) is 1.69. The van der Waals surface area contributed by atoms with Crippen LogP contribution in [0.25, 0.3) is 0 Å². The number of terminal acetylenes is 1. The molecule has 20 heavy (non-hydrogen) atoms. The van der Waals surface area contributed by atoms with Crippen LogP contribution in [0.3, 0.4) is 0 Å². The van der Waals surface area contributed by atoms with Gasteiger partial charge in [0.25, 0.3) is 0 Å². The van der Waals surface area contributed by atoms with E-state index in [9.17, 15) is 4.79 Å². The van der Waals surface area contributed by atoms with Gasteiger partial charge in [-0.1, -0.05) is 5.92 Å². The molecule has 0 spiro atoms. The first-order valence-corrected chi connectivity index (χ1v) is 5.96. The van der Waals surface area contributed by atoms with Crippen LogP contribution in [0.1, 0.15) is 21.5 Å². The average Bonchev–Trinajstić information content (AvgIpc) is 2.53. The Kier molecular flexibility index (Phi) is 4.17. The molecule has 0 fully saturated rings. The second kappa shape index (κ2) is 6.22. The lowest BCUT2D eigenvalue weighted by molar-refractivity contribution is 0.103. The number of rotatable bonds is 4. The van der Waals surface area contributed by atoms with E-state index in [-0.39, 0.29) is 12.4 Å². The maximum atomic E-state index is 12.2. The van der Waals surface area contributed by atoms with Crippen molar-refractivity contribution in [3.05, 3.63) is 65.2 Å². The van der Waals surface area contributed by atoms with E-state index in [0.29, 0.717) is 22.4 Å². The maximum Gasteiger partial charge on any atom is 0.193 e. The van der Waals surface area contributed by atoms with Crippen LogP contribution in [0, 0.1) is 23.7 Å². The lowest BCUT2D eigenvalue weighted by Crippen LogP contribution is -2.01. The van der Waals surface area contributed by atoms with Crippen LogP contribution in [0.4, 0.5) is 0 Å². The first-order valence-electron chi connectivity index (χ1n) is 5.96. The molecule has 0 aliphatic carbocycles. The molecule has 0 bridgehead atoms. The third-order valence-electron chi connectivity index (χ3n) is 2.71. The zero-order valence-corrected chi connectivity index (χ0v) is 10.7. The highest BCUT2D eigenvalue weighted by atomic mass is 16.5. The van der Waals surface area contributed by atoms with E-state index in [1.165, 1.54) is 0 Å². The number of nitrogens with zero attached hydrogens (tertiary/aromatic N) is 1. The quantitative estimate of drug-likeness (QED) is 0.628. The minimum atomic E-state index is -0.0991. The summed E-state index contributed by atoms with van der Waals surface area (Å²) in [4.78, 5) is 12.2. The predicted octanol–water partition coefficient (Wildman–Crippen LogP) is 2.80. The van der Waals surface area contributed by atoms with Gasteiger partial charge >= 0.3 is 0 Å². The molecular weight excluding hydrogens is 250 g/mol. The number of carbonyl (C=O) groups is 1. The number of hydrogen-bond acceptors (Lipinski definition) is 3. The molecule has 96 valence electrons. The van der Waals surface area contributed by atoms with Crippen molar-refractivity contribution in [2.75, 3.05) is 6.61 Å². The van der Waals surface area contributed by atoms with Crippen molar-refractivity contribution in [3.8, 4) is 24.2 Å². The van der Waals surface area contributed by atoms with Gasteiger partial charge in [0.2, 0.25) is 0 Å². The van der Waals surface area contributed by atoms with Crippen molar-refractivity contribution < 1.29 is 9.53 Å². The van der Waals surface area contributed by atoms with E-state index in [1.807, 2.05) is 6.07 Å². The first kappa shape index (κ1) is 13.4. The molecule has 0 saturated carbocycles. The van der Waals surface area contributed by atoms with Gasteiger partial charge in [-0.3, -0.25) is 4.79 Å². The third-order valence-corrected chi connectivity index (χ3v) is 2.71. The lowest BCUT2D eigenvalue weighted by atomic mass is 10.0. The van der Waals surface area contributed by atoms with Crippen LogP contribution in [-0.4, -0.2) is 12.4 Å². The van der Waals surface area contributed by atoms with Crippen LogP contribution in [0.15, 0.2) is 48.5 Å². The van der Waals surface area contributed by atoms with E-state index < -0.39 is 0 Å². The highest BCUT2D eigenvalue weighted by Gasteiger charge is 2.08. The molecule has 0 heterocycles. The first-order chi connectivity index (χ1) is 9.74. The number of carbonyl (C=O) groups excluding carboxylic acids is 1. The molecule has 0 radical (unpaired) electrons. The second-order valence-corrected chi connectivity index (χ2v) is 4.04. The summed E-state index contributed by atoms with van der Waals surface area (Å²) in [5.41, 5.74) is 1.63. The Labute approximate surface area is 117 Å². The molecule has 2 rings (SSSR count). The van der Waals surface area contributed by atoms with Gasteiger partial charge < -0.3 is 4.74 Å². The van der Waals surface area contributed by atoms with Crippen molar-refractivity contribution in [1.82, 2.24) is 0 Å². The highest BCUT2D eigenvalue weighted by Crippen LogP contribution is 2.15. The zero-order chi connectivity index (χ0) is 14.4. The molecule has 0 amide bonds. The Bertz CT molecular complexity index is 686. The number of ketones is 1. The lowest BCUT2D eigenvalue weighted by Gasteiger charge is -2.04. The highest BCUT2D eigenvalue weighted by molar-refractivity contribution is 6.09. The smallest absolute Gasteiger partial charge is 0.193 e. The molecule has 0 aromatic heterocycles. The van der Waals surface area contributed by atoms with E-state index in [4.69, 9.17) is 16.4 Å². The number of hydrogen-bond donors (Lipinski definition) is 0. The third kappa shape index (κ3) is 3.04. The van der Waals surface area contributed by atoms with Crippen molar-refractivity contribution in [2.24, 2.45) is 0 Å². The molecule has 0 N–H and O–H groups in total. The van der Waals surface area contributed by atoms with E-state index in [1.54, 1.807) is 48.5 Å². The molecule has 0 unspecified atom stereocenters. The van der Waals surface area contributed by atoms with Gasteiger partial charge in [-0.2, -0.15) is 5.26 Å². The number of benzene rings is 2. The van der Waals surface area contributed by atoms with Crippen LogP contribution < -0.4 is 4.74 Å². The minimum absolute atomic E-state index is 0.0991. The monoisotopic (exact) mass is 261 g/mol. The van der Waals surface area contributed by atoms with Gasteiger partial charge in [0.1, 0.15) is 12.4 Å². The van der Waals surface area contributed by atoms with Gasteiger partial charge in [0.05, 0.1) is 11.6 Å². The molecule has 3 nitrogen and oxygen atoms in total. The standard InChI is InChI=1S/C17H11NO2/c1-2-11-20-16-9-7-15(8-10-16)17(19)14-5-3-13(12-18)4-6-14/h1,3-10H,11H2. The minimum Gasteiger partial charge on any atom is -0.481 e. The Morgan fingerprint density at radius 1 is 1.05 bits per heavy atom. The van der Waals surface area contributed by atoms with Gasteiger partial charge in [-0.15, -0.1) is 6.42 Å². The van der Waals surface area contributed by atoms with Gasteiger partial charge in [-0.05, 0) is 48.5 Å². The summed E-state index contributed by atoms with van der Waals surface area (Å²) in [6.45, 7) is 0.197. The average molecular weight is 261 g/mol. The van der Waals surface area contributed by atoms with Gasteiger partial charge in [-0.25, -0.2) is 0 Å². The van der Waals surface area contributed by atoms with Gasteiger partial charge in [0, 0.05) is 11.1 Å². The Balaban J connectivity index is 2.16. The summed E-state index contributed by atoms with van der Waals surface area (Å²) in [7, 11) is 0. The Hall–Kier alpha value is -3.04. The predicted molar refractivity (Wildman–Crippen MR) is 75.4 cm³/mol. The van der Waals surface area contributed by atoms with Crippen LogP contribution >= 0.6 is 0 Å². The SMILES string of the molecule is C#CCOc1ccc(C(=O)c2ccc(C#N)cc2)cc1. The molecule has 0 aliphatic rings. The fraction of sp³-hybridized carbons (Fsp3) is 0.0588. The Morgan fingerprint density at radius 2 is 1.60 bits per heavy atom. The molecule has 3 heteroatoms. The molecule has 0 aliphatic heterocycles. The summed E-state index contributed by atoms with van der Waals surface area (Å²) >= 11 is 0. The van der Waals surface area contributed by atoms with Crippen molar-refractivity contribution in [2.45, 2.75) is 0 Å². The van der Waals surface area contributed by atoms with Crippen molar-refractivity contribution in [1.29, 1.82) is 5.26 Å². The normalized spacial score (nSPS) is 9.30. The number of ether oxygens (including phenoxy) is 1. The second-order valence-electron chi connectivity index (χ2n) is 4.04. The van der Waals surface area contributed by atoms with Crippen molar-refractivity contribution >= 4 is 5.78 Å². The maximum absolute atomic E-state index is 12.2. The molecule has 0 atom stereocenters. The molecule has 2 aromatic carbocycles. The van der Waals surface area contributed by atoms with Crippen LogP contribution in [-0.2, 0) is 0 Å².